The molecule has 1 heterocycles. The van der Waals surface area contributed by atoms with Crippen LogP contribution >= 0.6 is 0 Å². The Balaban J connectivity index is 1.39. The van der Waals surface area contributed by atoms with E-state index in [0.717, 1.165) is 31.7 Å². The highest BCUT2D eigenvalue weighted by molar-refractivity contribution is 5.76. The summed E-state index contributed by atoms with van der Waals surface area (Å²) in [5, 5.41) is 3.01. The standard InChI is InChI=1S/C20H24N2O2/c1-24-18-8-6-16(7-9-18)10-13-21-20(23)12-15-22-14-11-17-4-2-3-5-19(17)22/h2-9H,10-15H2,1H3,(H,21,23). The van der Waals surface area contributed by atoms with Crippen LogP contribution in [0.1, 0.15) is 17.5 Å². The smallest absolute Gasteiger partial charge is 0.221 e. The molecule has 0 saturated carbocycles. The molecule has 3 rings (SSSR count). The maximum absolute atomic E-state index is 12.0. The third-order valence-corrected chi connectivity index (χ3v) is 4.49. The molecule has 24 heavy (non-hydrogen) atoms. The first kappa shape index (κ1) is 16.4. The molecule has 4 nitrogen and oxygen atoms in total. The van der Waals surface area contributed by atoms with Gasteiger partial charge in [0, 0.05) is 31.7 Å². The van der Waals surface area contributed by atoms with Crippen molar-refractivity contribution < 1.29 is 9.53 Å². The van der Waals surface area contributed by atoms with E-state index in [2.05, 4.69) is 34.5 Å². The van der Waals surface area contributed by atoms with Gasteiger partial charge in [-0.05, 0) is 42.2 Å². The van der Waals surface area contributed by atoms with Crippen LogP contribution in [0.25, 0.3) is 0 Å². The predicted molar refractivity (Wildman–Crippen MR) is 96.7 cm³/mol. The lowest BCUT2D eigenvalue weighted by atomic mass is 10.1. The fraction of sp³-hybridized carbons (Fsp3) is 0.350. The first-order chi connectivity index (χ1) is 11.8. The summed E-state index contributed by atoms with van der Waals surface area (Å²) in [5.74, 6) is 0.974. The number of fused-ring (bicyclic) bond motifs is 1. The van der Waals surface area contributed by atoms with Crippen LogP contribution in [-0.4, -0.2) is 32.7 Å². The number of carbonyl (C=O) groups excluding carboxylic acids is 1. The molecule has 1 aliphatic heterocycles. The van der Waals surface area contributed by atoms with Gasteiger partial charge in [0.15, 0.2) is 0 Å². The summed E-state index contributed by atoms with van der Waals surface area (Å²) in [6.07, 6.45) is 2.45. The van der Waals surface area contributed by atoms with Gasteiger partial charge < -0.3 is 15.0 Å². The number of rotatable bonds is 7. The summed E-state index contributed by atoms with van der Waals surface area (Å²) in [7, 11) is 1.66. The number of methoxy groups -OCH3 is 1. The molecular weight excluding hydrogens is 300 g/mol. The topological polar surface area (TPSA) is 41.6 Å². The van der Waals surface area contributed by atoms with E-state index in [-0.39, 0.29) is 5.91 Å². The molecule has 0 unspecified atom stereocenters. The van der Waals surface area contributed by atoms with Gasteiger partial charge in [-0.3, -0.25) is 4.79 Å². The van der Waals surface area contributed by atoms with E-state index < -0.39 is 0 Å². The van der Waals surface area contributed by atoms with Gasteiger partial charge in [-0.2, -0.15) is 0 Å². The molecule has 1 N–H and O–H groups in total. The largest absolute Gasteiger partial charge is 0.497 e. The number of para-hydroxylation sites is 1. The Labute approximate surface area is 143 Å². The monoisotopic (exact) mass is 324 g/mol. The number of nitrogens with one attached hydrogen (secondary N) is 1. The van der Waals surface area contributed by atoms with Crippen molar-refractivity contribution in [2.45, 2.75) is 19.3 Å². The fourth-order valence-corrected chi connectivity index (χ4v) is 3.10. The summed E-state index contributed by atoms with van der Waals surface area (Å²) in [6, 6.07) is 16.4. The SMILES string of the molecule is COc1ccc(CCNC(=O)CCN2CCc3ccccc32)cc1. The van der Waals surface area contributed by atoms with Gasteiger partial charge in [-0.25, -0.2) is 0 Å². The third-order valence-electron chi connectivity index (χ3n) is 4.49. The van der Waals surface area contributed by atoms with Crippen molar-refractivity contribution in [2.24, 2.45) is 0 Å². The zero-order valence-corrected chi connectivity index (χ0v) is 14.1. The van der Waals surface area contributed by atoms with Gasteiger partial charge in [-0.1, -0.05) is 30.3 Å². The number of hydrogen-bond donors (Lipinski definition) is 1. The zero-order chi connectivity index (χ0) is 16.8. The molecule has 126 valence electrons. The van der Waals surface area contributed by atoms with Gasteiger partial charge in [-0.15, -0.1) is 0 Å². The van der Waals surface area contributed by atoms with Crippen LogP contribution in [0.2, 0.25) is 0 Å². The Morgan fingerprint density at radius 1 is 1.17 bits per heavy atom. The van der Waals surface area contributed by atoms with Crippen LogP contribution in [0.15, 0.2) is 48.5 Å². The van der Waals surface area contributed by atoms with Gasteiger partial charge in [0.2, 0.25) is 5.91 Å². The lowest BCUT2D eigenvalue weighted by Gasteiger charge is -2.18. The summed E-state index contributed by atoms with van der Waals surface area (Å²) in [4.78, 5) is 14.3. The quantitative estimate of drug-likeness (QED) is 0.851. The summed E-state index contributed by atoms with van der Waals surface area (Å²) in [6.45, 7) is 2.46. The Hall–Kier alpha value is -2.49. The van der Waals surface area contributed by atoms with Gasteiger partial charge in [0.1, 0.15) is 5.75 Å². The highest BCUT2D eigenvalue weighted by Crippen LogP contribution is 2.27. The number of benzene rings is 2. The minimum Gasteiger partial charge on any atom is -0.497 e. The van der Waals surface area contributed by atoms with Gasteiger partial charge >= 0.3 is 0 Å². The van der Waals surface area contributed by atoms with Crippen molar-refractivity contribution in [2.75, 3.05) is 31.6 Å². The minimum absolute atomic E-state index is 0.118. The van der Waals surface area contributed by atoms with E-state index in [0.29, 0.717) is 13.0 Å². The lowest BCUT2D eigenvalue weighted by molar-refractivity contribution is -0.120. The number of nitrogens with zero attached hydrogens (tertiary/aromatic N) is 1. The predicted octanol–water partition coefficient (Wildman–Crippen LogP) is 2.81. The Morgan fingerprint density at radius 2 is 1.96 bits per heavy atom. The molecule has 0 saturated heterocycles. The number of hydrogen-bond acceptors (Lipinski definition) is 3. The van der Waals surface area contributed by atoms with Crippen molar-refractivity contribution in [3.8, 4) is 5.75 Å². The van der Waals surface area contributed by atoms with E-state index in [1.165, 1.54) is 16.8 Å². The first-order valence-corrected chi connectivity index (χ1v) is 8.49. The zero-order valence-electron chi connectivity index (χ0n) is 14.1. The molecule has 0 fully saturated rings. The summed E-state index contributed by atoms with van der Waals surface area (Å²) in [5.41, 5.74) is 3.87. The molecule has 2 aromatic rings. The molecular formula is C20H24N2O2. The van der Waals surface area contributed by atoms with Gasteiger partial charge in [0.25, 0.3) is 0 Å². The lowest BCUT2D eigenvalue weighted by Crippen LogP contribution is -2.31. The van der Waals surface area contributed by atoms with Crippen molar-refractivity contribution in [1.29, 1.82) is 0 Å². The maximum Gasteiger partial charge on any atom is 0.221 e. The van der Waals surface area contributed by atoms with Crippen molar-refractivity contribution in [3.05, 3.63) is 59.7 Å². The van der Waals surface area contributed by atoms with E-state index in [1.807, 2.05) is 24.3 Å². The van der Waals surface area contributed by atoms with E-state index in [1.54, 1.807) is 7.11 Å². The molecule has 0 bridgehead atoms. The Kier molecular flexibility index (Phi) is 5.36. The normalized spacial score (nSPS) is 12.8. The van der Waals surface area contributed by atoms with Crippen LogP contribution in [0.5, 0.6) is 5.75 Å². The number of anilines is 1. The maximum atomic E-state index is 12.0. The Bertz CT molecular complexity index is 682. The second-order valence-corrected chi connectivity index (χ2v) is 6.06. The molecule has 0 aliphatic carbocycles. The van der Waals surface area contributed by atoms with Crippen LogP contribution in [0.4, 0.5) is 5.69 Å². The minimum atomic E-state index is 0.118. The summed E-state index contributed by atoms with van der Waals surface area (Å²) >= 11 is 0. The van der Waals surface area contributed by atoms with Crippen LogP contribution < -0.4 is 15.0 Å². The molecule has 0 spiro atoms. The first-order valence-electron chi connectivity index (χ1n) is 8.49. The van der Waals surface area contributed by atoms with Crippen LogP contribution in [-0.2, 0) is 17.6 Å². The number of carbonyl (C=O) groups is 1. The number of amides is 1. The second-order valence-electron chi connectivity index (χ2n) is 6.06. The molecule has 4 heteroatoms. The second kappa shape index (κ2) is 7.86. The van der Waals surface area contributed by atoms with E-state index >= 15 is 0 Å². The average molecular weight is 324 g/mol. The van der Waals surface area contributed by atoms with E-state index in [4.69, 9.17) is 4.74 Å². The van der Waals surface area contributed by atoms with Gasteiger partial charge in [0.05, 0.1) is 7.11 Å². The molecule has 0 aromatic heterocycles. The molecule has 1 amide bonds. The summed E-state index contributed by atoms with van der Waals surface area (Å²) < 4.78 is 5.14. The molecule has 2 aromatic carbocycles. The average Bonchev–Trinajstić information content (AvgIpc) is 3.04. The molecule has 0 atom stereocenters. The highest BCUT2D eigenvalue weighted by Gasteiger charge is 2.18. The van der Waals surface area contributed by atoms with Crippen LogP contribution in [0, 0.1) is 0 Å². The third kappa shape index (κ3) is 4.07. The van der Waals surface area contributed by atoms with Crippen LogP contribution in [0.3, 0.4) is 0 Å². The molecule has 1 aliphatic rings. The fourth-order valence-electron chi connectivity index (χ4n) is 3.10. The van der Waals surface area contributed by atoms with E-state index in [9.17, 15) is 4.79 Å². The highest BCUT2D eigenvalue weighted by atomic mass is 16.5. The van der Waals surface area contributed by atoms with Crippen molar-refractivity contribution >= 4 is 11.6 Å². The van der Waals surface area contributed by atoms with Crippen molar-refractivity contribution in [1.82, 2.24) is 5.32 Å². The Morgan fingerprint density at radius 3 is 2.75 bits per heavy atom. The van der Waals surface area contributed by atoms with Crippen molar-refractivity contribution in [3.63, 3.8) is 0 Å². The number of ether oxygens (including phenoxy) is 1. The molecule has 0 radical (unpaired) electrons.